The molecule has 0 heterocycles. The van der Waals surface area contributed by atoms with E-state index in [0.29, 0.717) is 19.3 Å². The van der Waals surface area contributed by atoms with Crippen LogP contribution in [-0.4, -0.2) is 41.8 Å². The molecule has 3 rings (SSSR count). The zero-order valence-corrected chi connectivity index (χ0v) is 20.3. The number of carbonyl (C=O) groups is 3. The van der Waals surface area contributed by atoms with Gasteiger partial charge < -0.3 is 20.5 Å². The molecule has 0 fully saturated rings. The molecule has 0 bridgehead atoms. The van der Waals surface area contributed by atoms with E-state index in [2.05, 4.69) is 22.8 Å². The maximum Gasteiger partial charge on any atom is 0.407 e. The van der Waals surface area contributed by atoms with Crippen LogP contribution >= 0.6 is 0 Å². The highest BCUT2D eigenvalue weighted by atomic mass is 16.5. The normalized spacial score (nSPS) is 14.5. The Labute approximate surface area is 200 Å². The SMILES string of the molecule is CCC(NC(=O)OCC1c2ccccc2-c2ccccc21)C(=O)NC(CCC(C)(C)C)C(=O)O. The molecule has 7 nitrogen and oxygen atoms in total. The van der Waals surface area contributed by atoms with E-state index in [0.717, 1.165) is 22.3 Å². The van der Waals surface area contributed by atoms with Crippen LogP contribution in [0.3, 0.4) is 0 Å². The van der Waals surface area contributed by atoms with Crippen molar-refractivity contribution in [1.29, 1.82) is 0 Å². The summed E-state index contributed by atoms with van der Waals surface area (Å²) in [5, 5.41) is 14.6. The number of carboxylic acid groups (broad SMARTS) is 1. The number of alkyl carbamates (subject to hydrolysis) is 1. The Balaban J connectivity index is 1.59. The van der Waals surface area contributed by atoms with Crippen molar-refractivity contribution in [1.82, 2.24) is 10.6 Å². The predicted molar refractivity (Wildman–Crippen MR) is 131 cm³/mol. The first kappa shape index (κ1) is 25.3. The summed E-state index contributed by atoms with van der Waals surface area (Å²) in [6, 6.07) is 14.2. The van der Waals surface area contributed by atoms with Gasteiger partial charge in [0.1, 0.15) is 18.7 Å². The van der Waals surface area contributed by atoms with Gasteiger partial charge in [0.15, 0.2) is 0 Å². The molecule has 2 aromatic rings. The molecule has 7 heteroatoms. The molecular weight excluding hydrogens is 432 g/mol. The molecule has 1 aliphatic carbocycles. The largest absolute Gasteiger partial charge is 0.480 e. The first-order valence-corrected chi connectivity index (χ1v) is 11.8. The van der Waals surface area contributed by atoms with Gasteiger partial charge in [-0.3, -0.25) is 4.79 Å². The number of nitrogens with one attached hydrogen (secondary N) is 2. The van der Waals surface area contributed by atoms with Crippen LogP contribution in [0.5, 0.6) is 0 Å². The minimum atomic E-state index is -1.09. The van der Waals surface area contributed by atoms with Crippen molar-refractivity contribution in [3.63, 3.8) is 0 Å². The second kappa shape index (κ2) is 10.7. The summed E-state index contributed by atoms with van der Waals surface area (Å²) in [5.74, 6) is -1.70. The predicted octanol–water partition coefficient (Wildman–Crippen LogP) is 4.70. The summed E-state index contributed by atoms with van der Waals surface area (Å²) in [6.07, 6.45) is 0.555. The quantitative estimate of drug-likeness (QED) is 0.497. The van der Waals surface area contributed by atoms with Gasteiger partial charge in [-0.1, -0.05) is 76.2 Å². The van der Waals surface area contributed by atoms with Crippen molar-refractivity contribution in [2.45, 2.75) is 65.0 Å². The van der Waals surface area contributed by atoms with Crippen molar-refractivity contribution in [2.75, 3.05) is 6.61 Å². The summed E-state index contributed by atoms with van der Waals surface area (Å²) in [7, 11) is 0. The zero-order chi connectivity index (χ0) is 24.9. The highest BCUT2D eigenvalue weighted by molar-refractivity contribution is 5.89. The van der Waals surface area contributed by atoms with Crippen LogP contribution in [0, 0.1) is 5.41 Å². The Morgan fingerprint density at radius 3 is 2.00 bits per heavy atom. The lowest BCUT2D eigenvalue weighted by atomic mass is 9.88. The Morgan fingerprint density at radius 2 is 1.50 bits per heavy atom. The summed E-state index contributed by atoms with van der Waals surface area (Å²) in [5.41, 5.74) is 4.41. The molecule has 3 N–H and O–H groups in total. The van der Waals surface area contributed by atoms with Gasteiger partial charge in [0, 0.05) is 5.92 Å². The number of fused-ring (bicyclic) bond motifs is 3. The van der Waals surface area contributed by atoms with E-state index in [4.69, 9.17) is 4.74 Å². The molecule has 1 aliphatic rings. The van der Waals surface area contributed by atoms with Crippen LogP contribution in [0.4, 0.5) is 4.79 Å². The van der Waals surface area contributed by atoms with Crippen molar-refractivity contribution in [3.05, 3.63) is 59.7 Å². The zero-order valence-electron chi connectivity index (χ0n) is 20.3. The summed E-state index contributed by atoms with van der Waals surface area (Å²) in [4.78, 5) is 36.8. The molecule has 2 unspecified atom stereocenters. The summed E-state index contributed by atoms with van der Waals surface area (Å²) < 4.78 is 5.52. The number of benzene rings is 2. The van der Waals surface area contributed by atoms with E-state index in [1.807, 2.05) is 57.2 Å². The van der Waals surface area contributed by atoms with Crippen LogP contribution < -0.4 is 10.6 Å². The first-order chi connectivity index (χ1) is 16.1. The first-order valence-electron chi connectivity index (χ1n) is 11.8. The maximum atomic E-state index is 12.7. The standard InChI is InChI=1S/C27H34N2O5/c1-5-22(24(30)28-23(25(31)32)14-15-27(2,3)4)29-26(33)34-16-21-19-12-8-6-10-17(19)18-11-7-9-13-20(18)21/h6-13,21-23H,5,14-16H2,1-4H3,(H,28,30)(H,29,33)(H,31,32). The third-order valence-corrected chi connectivity index (χ3v) is 6.16. The highest BCUT2D eigenvalue weighted by Crippen LogP contribution is 2.44. The van der Waals surface area contributed by atoms with Crippen molar-refractivity contribution >= 4 is 18.0 Å². The van der Waals surface area contributed by atoms with E-state index in [9.17, 15) is 19.5 Å². The Morgan fingerprint density at radius 1 is 0.941 bits per heavy atom. The molecule has 182 valence electrons. The van der Waals surface area contributed by atoms with Crippen LogP contribution in [0.1, 0.15) is 64.0 Å². The summed E-state index contributed by atoms with van der Waals surface area (Å²) >= 11 is 0. The van der Waals surface area contributed by atoms with Gasteiger partial charge in [0.05, 0.1) is 0 Å². The minimum Gasteiger partial charge on any atom is -0.480 e. The van der Waals surface area contributed by atoms with E-state index in [1.54, 1.807) is 6.92 Å². The van der Waals surface area contributed by atoms with Crippen LogP contribution in [0.2, 0.25) is 0 Å². The van der Waals surface area contributed by atoms with Crippen molar-refractivity contribution < 1.29 is 24.2 Å². The fraction of sp³-hybridized carbons (Fsp3) is 0.444. The second-order valence-corrected chi connectivity index (χ2v) is 9.93. The fourth-order valence-electron chi connectivity index (χ4n) is 4.24. The molecule has 0 saturated carbocycles. The molecule has 34 heavy (non-hydrogen) atoms. The monoisotopic (exact) mass is 466 g/mol. The molecule has 0 saturated heterocycles. The number of hydrogen-bond donors (Lipinski definition) is 3. The van der Waals surface area contributed by atoms with Crippen LogP contribution in [-0.2, 0) is 14.3 Å². The van der Waals surface area contributed by atoms with E-state index in [-0.39, 0.29) is 17.9 Å². The van der Waals surface area contributed by atoms with E-state index in [1.165, 1.54) is 0 Å². The topological polar surface area (TPSA) is 105 Å². The number of aliphatic carboxylic acids is 1. The number of amides is 2. The lowest BCUT2D eigenvalue weighted by Crippen LogP contribution is -2.51. The molecule has 0 spiro atoms. The lowest BCUT2D eigenvalue weighted by Gasteiger charge is -2.24. The number of ether oxygens (including phenoxy) is 1. The van der Waals surface area contributed by atoms with Gasteiger partial charge in [-0.25, -0.2) is 9.59 Å². The highest BCUT2D eigenvalue weighted by Gasteiger charge is 2.30. The smallest absolute Gasteiger partial charge is 0.407 e. The van der Waals surface area contributed by atoms with Crippen molar-refractivity contribution in [3.8, 4) is 11.1 Å². The van der Waals surface area contributed by atoms with Crippen LogP contribution in [0.25, 0.3) is 11.1 Å². The van der Waals surface area contributed by atoms with E-state index < -0.39 is 30.1 Å². The average molecular weight is 467 g/mol. The molecule has 2 atom stereocenters. The second-order valence-electron chi connectivity index (χ2n) is 9.93. The third-order valence-electron chi connectivity index (χ3n) is 6.16. The molecule has 0 aromatic heterocycles. The van der Waals surface area contributed by atoms with Crippen LogP contribution in [0.15, 0.2) is 48.5 Å². The number of carbonyl (C=O) groups excluding carboxylic acids is 2. The lowest BCUT2D eigenvalue weighted by molar-refractivity contribution is -0.142. The fourth-order valence-corrected chi connectivity index (χ4v) is 4.24. The number of hydrogen-bond acceptors (Lipinski definition) is 4. The Hall–Kier alpha value is -3.35. The van der Waals surface area contributed by atoms with Gasteiger partial charge in [-0.05, 0) is 46.9 Å². The van der Waals surface area contributed by atoms with Crippen molar-refractivity contribution in [2.24, 2.45) is 5.41 Å². The molecule has 0 radical (unpaired) electrons. The maximum absolute atomic E-state index is 12.7. The molecule has 2 amide bonds. The minimum absolute atomic E-state index is 0.0535. The van der Waals surface area contributed by atoms with Gasteiger partial charge in [-0.15, -0.1) is 0 Å². The molecular formula is C27H34N2O5. The third kappa shape index (κ3) is 6.16. The van der Waals surface area contributed by atoms with Gasteiger partial charge in [0.2, 0.25) is 5.91 Å². The van der Waals surface area contributed by atoms with Gasteiger partial charge in [-0.2, -0.15) is 0 Å². The number of carboxylic acids is 1. The van der Waals surface area contributed by atoms with Gasteiger partial charge >= 0.3 is 12.1 Å². The number of rotatable bonds is 9. The summed E-state index contributed by atoms with van der Waals surface area (Å²) in [6.45, 7) is 7.93. The van der Waals surface area contributed by atoms with Gasteiger partial charge in [0.25, 0.3) is 0 Å². The Bertz CT molecular complexity index is 998. The van der Waals surface area contributed by atoms with E-state index >= 15 is 0 Å². The average Bonchev–Trinajstić information content (AvgIpc) is 3.11. The molecule has 2 aromatic carbocycles. The molecule has 0 aliphatic heterocycles. The Kier molecular flexibility index (Phi) is 7.97.